The molecule has 0 spiro atoms. The number of thiophene rings is 1. The molecule has 3 aliphatic heterocycles. The summed E-state index contributed by atoms with van der Waals surface area (Å²) in [5, 5.41) is 2.72. The van der Waals surface area contributed by atoms with E-state index in [4.69, 9.17) is 0 Å². The lowest BCUT2D eigenvalue weighted by Crippen LogP contribution is -2.60. The molecule has 8 aromatic rings. The SMILES string of the molecule is Cc1cc2c(cc1N1c3cc(C(C)(C)C)ccc3B3c4c1cc(N1c5ccc(C(C)(C)C)cc5C5(C)CCCCC15C)cc4-n1c4c3cccc4c3sc4ccccc4c31)C(C)(C)CCC2(C)C. The fourth-order valence-electron chi connectivity index (χ4n) is 14.3. The zero-order chi connectivity index (χ0) is 47.4. The number of aryl methyl sites for hydroxylation is 1. The van der Waals surface area contributed by atoms with Crippen molar-refractivity contribution in [3.05, 3.63) is 137 Å². The molecule has 68 heavy (non-hydrogen) atoms. The second kappa shape index (κ2) is 13.5. The van der Waals surface area contributed by atoms with Crippen molar-refractivity contribution < 1.29 is 0 Å². The monoisotopic (exact) mass is 910 g/mol. The minimum atomic E-state index is -0.110. The van der Waals surface area contributed by atoms with Crippen molar-refractivity contribution in [2.45, 2.75) is 161 Å². The molecule has 2 aromatic heterocycles. The molecular formula is C63H68BN3S. The standard InChI is InChI=1S/C63H68BN3S/c1-37-31-43-44(61(10,11)30-29-60(43,8)9)36-49(37)65-50-33-39(59(5,6)7)23-25-46(50)64-47-21-18-20-42-55(47)66(56-41-19-14-15-22-53(41)68-57(42)56)52-35-40(34-51(65)54(52)64)67-48-26-24-38(58(2,3)4)32-45(48)62(12)27-16-17-28-63(62,67)13/h14-15,18-26,31-36H,16-17,27-30H2,1-13H3. The lowest BCUT2D eigenvalue weighted by Gasteiger charge is -2.51. The minimum absolute atomic E-state index is 0.00300. The molecule has 1 fully saturated rings. The van der Waals surface area contributed by atoms with Crippen LogP contribution in [0.2, 0.25) is 0 Å². The summed E-state index contributed by atoms with van der Waals surface area (Å²) in [4.78, 5) is 5.62. The molecule has 0 amide bonds. The first-order chi connectivity index (χ1) is 32.1. The number of hydrogen-bond donors (Lipinski definition) is 0. The molecule has 5 heteroatoms. The molecule has 0 radical (unpaired) electrons. The molecule has 0 saturated heterocycles. The average Bonchev–Trinajstić information content (AvgIpc) is 3.89. The van der Waals surface area contributed by atoms with Crippen LogP contribution in [0.1, 0.15) is 155 Å². The van der Waals surface area contributed by atoms with E-state index in [1.807, 2.05) is 11.3 Å². The number of fused-ring (bicyclic) bond motifs is 13. The topological polar surface area (TPSA) is 11.4 Å². The van der Waals surface area contributed by atoms with Gasteiger partial charge < -0.3 is 14.4 Å². The van der Waals surface area contributed by atoms with Gasteiger partial charge in [0.1, 0.15) is 0 Å². The molecule has 6 aromatic carbocycles. The van der Waals surface area contributed by atoms with Gasteiger partial charge in [0.25, 0.3) is 6.71 Å². The highest BCUT2D eigenvalue weighted by atomic mass is 32.1. The number of para-hydroxylation sites is 1. The van der Waals surface area contributed by atoms with Crippen LogP contribution in [0.4, 0.5) is 28.4 Å². The first-order valence-electron chi connectivity index (χ1n) is 25.8. The summed E-state index contributed by atoms with van der Waals surface area (Å²) < 4.78 is 5.48. The van der Waals surface area contributed by atoms with Crippen molar-refractivity contribution in [3.63, 3.8) is 0 Å². The summed E-state index contributed by atoms with van der Waals surface area (Å²) in [6, 6.07) is 42.0. The quantitative estimate of drug-likeness (QED) is 0.160. The maximum atomic E-state index is 2.86. The first kappa shape index (κ1) is 42.8. The summed E-state index contributed by atoms with van der Waals surface area (Å²) in [6.07, 6.45) is 7.25. The van der Waals surface area contributed by atoms with Gasteiger partial charge in [0.05, 0.1) is 21.3 Å². The Morgan fingerprint density at radius 3 is 1.96 bits per heavy atom. The number of benzene rings is 6. The van der Waals surface area contributed by atoms with Gasteiger partial charge in [-0.2, -0.15) is 0 Å². The average molecular weight is 910 g/mol. The Balaban J connectivity index is 1.19. The first-order valence-corrected chi connectivity index (χ1v) is 26.6. The van der Waals surface area contributed by atoms with Gasteiger partial charge >= 0.3 is 0 Å². The van der Waals surface area contributed by atoms with Gasteiger partial charge in [-0.25, -0.2) is 0 Å². The highest BCUT2D eigenvalue weighted by molar-refractivity contribution is 7.26. The highest BCUT2D eigenvalue weighted by Crippen LogP contribution is 2.62. The minimum Gasteiger partial charge on any atom is -0.334 e. The van der Waals surface area contributed by atoms with Gasteiger partial charge in [-0.3, -0.25) is 0 Å². The molecule has 344 valence electrons. The van der Waals surface area contributed by atoms with Gasteiger partial charge in [-0.05, 0) is 147 Å². The van der Waals surface area contributed by atoms with Crippen molar-refractivity contribution in [2.24, 2.45) is 0 Å². The van der Waals surface area contributed by atoms with Gasteiger partial charge in [0, 0.05) is 55.0 Å². The van der Waals surface area contributed by atoms with Gasteiger partial charge in [0.15, 0.2) is 0 Å². The molecule has 2 unspecified atom stereocenters. The van der Waals surface area contributed by atoms with Crippen LogP contribution in [0.15, 0.2) is 103 Å². The molecule has 5 aliphatic rings. The van der Waals surface area contributed by atoms with Crippen LogP contribution in [0, 0.1) is 6.92 Å². The van der Waals surface area contributed by atoms with Crippen molar-refractivity contribution in [1.29, 1.82) is 0 Å². The van der Waals surface area contributed by atoms with E-state index in [1.54, 1.807) is 0 Å². The summed E-state index contributed by atoms with van der Waals surface area (Å²) >= 11 is 1.96. The summed E-state index contributed by atoms with van der Waals surface area (Å²) in [5.41, 5.74) is 23.8. The molecule has 0 N–H and O–H groups in total. The maximum absolute atomic E-state index is 2.86. The van der Waals surface area contributed by atoms with Crippen LogP contribution >= 0.6 is 11.3 Å². The van der Waals surface area contributed by atoms with Crippen LogP contribution in [0.25, 0.3) is 36.9 Å². The summed E-state index contributed by atoms with van der Waals surface area (Å²) in [7, 11) is 0. The Labute approximate surface area is 409 Å². The smallest absolute Gasteiger partial charge is 0.252 e. The van der Waals surface area contributed by atoms with E-state index in [0.29, 0.717) is 0 Å². The fourth-order valence-corrected chi connectivity index (χ4v) is 15.5. The predicted molar refractivity (Wildman–Crippen MR) is 296 cm³/mol. The van der Waals surface area contributed by atoms with E-state index in [0.717, 1.165) is 6.42 Å². The zero-order valence-corrected chi connectivity index (χ0v) is 43.7. The Kier molecular flexibility index (Phi) is 8.52. The number of anilines is 5. The van der Waals surface area contributed by atoms with E-state index in [-0.39, 0.29) is 39.3 Å². The third-order valence-electron chi connectivity index (χ3n) is 18.6. The van der Waals surface area contributed by atoms with Crippen LogP contribution in [-0.2, 0) is 27.1 Å². The Morgan fingerprint density at radius 1 is 0.544 bits per heavy atom. The zero-order valence-electron chi connectivity index (χ0n) is 42.9. The van der Waals surface area contributed by atoms with E-state index in [9.17, 15) is 0 Å². The van der Waals surface area contributed by atoms with Crippen LogP contribution in [0.5, 0.6) is 0 Å². The molecule has 0 bridgehead atoms. The molecule has 5 heterocycles. The fraction of sp³-hybridized carbons (Fsp3) is 0.397. The second-order valence-corrected chi connectivity index (χ2v) is 26.7. The summed E-state index contributed by atoms with van der Waals surface area (Å²) in [5.74, 6) is 0. The van der Waals surface area contributed by atoms with E-state index >= 15 is 0 Å². The Bertz CT molecular complexity index is 3510. The second-order valence-electron chi connectivity index (χ2n) is 25.6. The molecule has 2 aliphatic carbocycles. The highest BCUT2D eigenvalue weighted by Gasteiger charge is 2.58. The van der Waals surface area contributed by atoms with Crippen LogP contribution in [-0.4, -0.2) is 16.8 Å². The van der Waals surface area contributed by atoms with Gasteiger partial charge in [-0.15, -0.1) is 11.3 Å². The summed E-state index contributed by atoms with van der Waals surface area (Å²) in [6.45, 7) is 31.9. The number of hydrogen-bond acceptors (Lipinski definition) is 3. The predicted octanol–water partition coefficient (Wildman–Crippen LogP) is 15.6. The van der Waals surface area contributed by atoms with Crippen molar-refractivity contribution >= 4 is 94.1 Å². The molecule has 2 atom stereocenters. The largest absolute Gasteiger partial charge is 0.334 e. The van der Waals surface area contributed by atoms with Crippen LogP contribution < -0.4 is 26.2 Å². The van der Waals surface area contributed by atoms with E-state index in [2.05, 4.69) is 208 Å². The lowest BCUT2D eigenvalue weighted by atomic mass is 9.33. The number of rotatable bonds is 2. The molecular weight excluding hydrogens is 842 g/mol. The lowest BCUT2D eigenvalue weighted by molar-refractivity contribution is 0.195. The van der Waals surface area contributed by atoms with Gasteiger partial charge in [-0.1, -0.05) is 156 Å². The number of nitrogens with zero attached hydrogens (tertiary/aromatic N) is 3. The maximum Gasteiger partial charge on any atom is 0.252 e. The van der Waals surface area contributed by atoms with Crippen LogP contribution in [0.3, 0.4) is 0 Å². The molecule has 1 saturated carbocycles. The van der Waals surface area contributed by atoms with Gasteiger partial charge in [0.2, 0.25) is 0 Å². The van der Waals surface area contributed by atoms with E-state index < -0.39 is 0 Å². The molecule has 3 nitrogen and oxygen atoms in total. The van der Waals surface area contributed by atoms with E-state index in [1.165, 1.54) is 147 Å². The van der Waals surface area contributed by atoms with Crippen molar-refractivity contribution in [2.75, 3.05) is 9.80 Å². The Hall–Kier alpha value is -5.26. The Morgan fingerprint density at radius 2 is 1.21 bits per heavy atom. The third-order valence-corrected chi connectivity index (χ3v) is 19.8. The van der Waals surface area contributed by atoms with Crippen molar-refractivity contribution in [3.8, 4) is 5.69 Å². The number of aromatic nitrogens is 1. The molecule has 13 rings (SSSR count). The van der Waals surface area contributed by atoms with Crippen molar-refractivity contribution in [1.82, 2.24) is 4.57 Å². The normalized spacial score (nSPS) is 22.1. The third kappa shape index (κ3) is 5.49.